The predicted octanol–water partition coefficient (Wildman–Crippen LogP) is 3.91. The molecule has 0 atom stereocenters. The molecule has 3 radical (unpaired) electrons. The van der Waals surface area contributed by atoms with Gasteiger partial charge in [-0.15, -0.1) is 0 Å². The molecular weight excluding hydrogens is 1450 g/mol. The maximum absolute atomic E-state index is 12.6. The van der Waals surface area contributed by atoms with Crippen LogP contribution in [-0.2, 0) is 51.2 Å². The van der Waals surface area contributed by atoms with E-state index >= 15 is 0 Å². The fourth-order valence-corrected chi connectivity index (χ4v) is 12.8. The molecule has 495 valence electrons. The van der Waals surface area contributed by atoms with Crippen LogP contribution in [0.1, 0.15) is 62.1 Å². The van der Waals surface area contributed by atoms with Crippen LogP contribution < -0.4 is 30.6 Å². The van der Waals surface area contributed by atoms with Crippen LogP contribution in [0.4, 0.5) is 0 Å². The molecule has 0 saturated heterocycles. The van der Waals surface area contributed by atoms with Gasteiger partial charge in [0.05, 0.1) is 35.8 Å². The van der Waals surface area contributed by atoms with Crippen LogP contribution in [0.15, 0.2) is 158 Å². The van der Waals surface area contributed by atoms with Crippen LogP contribution in [0, 0.1) is 0 Å². The monoisotopic (exact) mass is 1480 g/mol. The topological polar surface area (TPSA) is 459 Å². The van der Waals surface area contributed by atoms with Crippen LogP contribution in [0.25, 0.3) is 179 Å². The zero-order chi connectivity index (χ0) is 67.1. The molecule has 18 rings (SSSR count). The first-order valence-corrected chi connectivity index (χ1v) is 29.4. The first kappa shape index (κ1) is 65.2. The zero-order valence-electron chi connectivity index (χ0n) is 50.2. The van der Waals surface area contributed by atoms with Crippen molar-refractivity contribution in [3.05, 3.63) is 191 Å². The van der Waals surface area contributed by atoms with E-state index in [-0.39, 0.29) is 130 Å². The van der Waals surface area contributed by atoms with Gasteiger partial charge in [0, 0.05) is 121 Å². The Bertz CT molecular complexity index is 6090. The molecule has 4 aliphatic heterocycles. The number of fused-ring (bicyclic) bond motifs is 40. The minimum atomic E-state index is -2.06. The van der Waals surface area contributed by atoms with Gasteiger partial charge in [-0.1, -0.05) is 146 Å². The normalized spacial score (nSPS) is 11.4. The molecule has 0 saturated carbocycles. The molecule has 10 heterocycles. The van der Waals surface area contributed by atoms with E-state index in [0.29, 0.717) is 78.7 Å². The van der Waals surface area contributed by atoms with Crippen LogP contribution in [0.5, 0.6) is 0 Å². The third kappa shape index (κ3) is 10.4. The minimum Gasteiger partial charge on any atom is -0.545 e. The summed E-state index contributed by atoms with van der Waals surface area (Å²) in [5.41, 5.74) is 0.0362. The molecule has 0 fully saturated rings. The number of aromatic nitrogens is 16. The maximum Gasteiger partial charge on any atom is 2.00 e. The molecule has 8 aromatic carbocycles. The van der Waals surface area contributed by atoms with Crippen molar-refractivity contribution >= 4 is 124 Å². The number of hydrogen-bond acceptors (Lipinski definition) is 24. The van der Waals surface area contributed by atoms with E-state index in [1.807, 2.05) is 72.8 Å². The van der Waals surface area contributed by atoms with Crippen molar-refractivity contribution in [1.82, 2.24) is 79.7 Å². The smallest absolute Gasteiger partial charge is 0.545 e. The number of carboxylic acids is 6. The SMILES string of the molecule is O=C([O-])c1cc2c3nc4nc(nc5[nH]c(nc6nc(nc([nH]3)c2c(C(=O)[O-])c1C(=O)[O-])-c1ccccc1-6)c1ccccc51)-c1ccccc1-4.O=C([O-])c1cc2c3nc4nc(nc5[nH]c(nc6nc(nc([nH]3)c2c(C(=O)[O-])c1C(=O)[O-])-c1ccccc1-6)c1ccccc51)-c1ccccc1-4.[Cu+2].[Cu+2].[Cu+2]. The molecule has 28 nitrogen and oxygen atoms in total. The summed E-state index contributed by atoms with van der Waals surface area (Å²) in [6.45, 7) is 0. The Morgan fingerprint density at radius 1 is 0.228 bits per heavy atom. The molecular formula is C70H30Cu3N16O12. The van der Waals surface area contributed by atoms with Crippen molar-refractivity contribution < 1.29 is 111 Å². The molecule has 14 aromatic rings. The summed E-state index contributed by atoms with van der Waals surface area (Å²) in [6.07, 6.45) is 0. The van der Waals surface area contributed by atoms with Crippen molar-refractivity contribution in [2.75, 3.05) is 0 Å². The summed E-state index contributed by atoms with van der Waals surface area (Å²) < 4.78 is 0. The summed E-state index contributed by atoms with van der Waals surface area (Å²) in [5.74, 6) is -10.2. The van der Waals surface area contributed by atoms with E-state index in [0.717, 1.165) is 33.7 Å². The average Bonchev–Trinajstić information content (AvgIpc) is 1.61. The first-order chi connectivity index (χ1) is 47.5. The largest absolute Gasteiger partial charge is 2.00 e. The zero-order valence-corrected chi connectivity index (χ0v) is 53.0. The number of H-pyrrole nitrogens is 4. The second-order valence-corrected chi connectivity index (χ2v) is 22.4. The van der Waals surface area contributed by atoms with Gasteiger partial charge >= 0.3 is 51.2 Å². The fraction of sp³-hybridized carbons (Fsp3) is 0. The molecule has 0 unspecified atom stereocenters. The molecule has 0 aliphatic carbocycles. The molecule has 16 bridgehead atoms. The molecule has 4 N–H and O–H groups in total. The third-order valence-electron chi connectivity index (χ3n) is 16.9. The maximum atomic E-state index is 12.6. The average molecular weight is 1480 g/mol. The Hall–Kier alpha value is -13.1. The van der Waals surface area contributed by atoms with E-state index in [2.05, 4.69) is 29.9 Å². The molecule has 4 aliphatic rings. The first-order valence-electron chi connectivity index (χ1n) is 29.4. The standard InChI is InChI=1S/2C35H18N8O6.3Cu/c2*44-33(45)21-13-20-22(24(35(48)49)23(21)34(46)47)32-42-30-19-12-6-5-11-18(19)28(40-30)38-26-15-8-2-1-7-14(15)25(36-26)37-27-16-9-3-4-10-17(16)29(39-27)41-31(20)43-32;;;/h2*1-13H,(H,44,45)(H,46,47)(H,48,49)(H2,36,37,38,39,40,41,42,43);;;/q;;3*+2/p-6. The Morgan fingerprint density at radius 3 is 0.624 bits per heavy atom. The van der Waals surface area contributed by atoms with Gasteiger partial charge in [-0.3, -0.25) is 0 Å². The van der Waals surface area contributed by atoms with Gasteiger partial charge in [-0.2, -0.15) is 0 Å². The van der Waals surface area contributed by atoms with Gasteiger partial charge in [-0.25, -0.2) is 59.8 Å². The van der Waals surface area contributed by atoms with Crippen molar-refractivity contribution in [3.8, 4) is 91.1 Å². The van der Waals surface area contributed by atoms with E-state index in [9.17, 15) is 59.4 Å². The molecule has 0 amide bonds. The van der Waals surface area contributed by atoms with Crippen molar-refractivity contribution in [1.29, 1.82) is 0 Å². The van der Waals surface area contributed by atoms with Gasteiger partial charge < -0.3 is 79.3 Å². The number of carbonyl (C=O) groups is 6. The van der Waals surface area contributed by atoms with Gasteiger partial charge in [0.1, 0.15) is 45.2 Å². The number of hydrogen-bond donors (Lipinski definition) is 4. The molecule has 6 aromatic heterocycles. The molecule has 31 heteroatoms. The number of benzene rings is 8. The minimum absolute atomic E-state index is 0. The summed E-state index contributed by atoms with van der Waals surface area (Å²) >= 11 is 0. The Balaban J connectivity index is 0.000000167. The van der Waals surface area contributed by atoms with Crippen molar-refractivity contribution in [3.63, 3.8) is 0 Å². The number of rotatable bonds is 6. The van der Waals surface area contributed by atoms with Crippen LogP contribution in [0.2, 0.25) is 0 Å². The van der Waals surface area contributed by atoms with E-state index < -0.39 is 69.2 Å². The summed E-state index contributed by atoms with van der Waals surface area (Å²) in [6, 6.07) is 45.6. The summed E-state index contributed by atoms with van der Waals surface area (Å²) in [4.78, 5) is 144. The number of nitrogens with one attached hydrogen (secondary N) is 4. The number of carbonyl (C=O) groups excluding carboxylic acids is 6. The van der Waals surface area contributed by atoms with Gasteiger partial charge in [0.2, 0.25) is 0 Å². The second kappa shape index (κ2) is 24.7. The fourth-order valence-electron chi connectivity index (χ4n) is 12.8. The van der Waals surface area contributed by atoms with Gasteiger partial charge in [0.25, 0.3) is 0 Å². The van der Waals surface area contributed by atoms with Crippen LogP contribution >= 0.6 is 0 Å². The second-order valence-electron chi connectivity index (χ2n) is 22.4. The quantitative estimate of drug-likeness (QED) is 0.171. The third-order valence-corrected chi connectivity index (χ3v) is 16.9. The summed E-state index contributed by atoms with van der Waals surface area (Å²) in [5, 5.41) is 76.4. The van der Waals surface area contributed by atoms with E-state index in [1.165, 1.54) is 0 Å². The molecule has 101 heavy (non-hydrogen) atoms. The predicted molar refractivity (Wildman–Crippen MR) is 338 cm³/mol. The Morgan fingerprint density at radius 2 is 0.416 bits per heavy atom. The number of nitrogens with zero attached hydrogens (tertiary/aromatic N) is 12. The number of aromatic amines is 4. The summed E-state index contributed by atoms with van der Waals surface area (Å²) in [7, 11) is 0. The Kier molecular flexibility index (Phi) is 16.0. The molecule has 0 spiro atoms. The Labute approximate surface area is 593 Å². The van der Waals surface area contributed by atoms with Crippen molar-refractivity contribution in [2.45, 2.75) is 0 Å². The van der Waals surface area contributed by atoms with E-state index in [1.54, 1.807) is 72.8 Å². The van der Waals surface area contributed by atoms with Gasteiger partial charge in [0.15, 0.2) is 46.6 Å². The van der Waals surface area contributed by atoms with Gasteiger partial charge in [-0.05, 0) is 12.1 Å². The van der Waals surface area contributed by atoms with Crippen LogP contribution in [0.3, 0.4) is 0 Å². The van der Waals surface area contributed by atoms with E-state index in [4.69, 9.17) is 49.8 Å². The number of carboxylic acid groups (broad SMARTS) is 6. The number of aromatic carboxylic acids is 6. The van der Waals surface area contributed by atoms with Crippen LogP contribution in [-0.4, -0.2) is 116 Å². The van der Waals surface area contributed by atoms with Crippen molar-refractivity contribution in [2.24, 2.45) is 0 Å².